The highest BCUT2D eigenvalue weighted by Crippen LogP contribution is 2.15. The third-order valence-electron chi connectivity index (χ3n) is 2.67. The van der Waals surface area contributed by atoms with Crippen molar-refractivity contribution in [3.8, 4) is 5.75 Å². The van der Waals surface area contributed by atoms with E-state index in [1.807, 2.05) is 24.3 Å². The Hall–Kier alpha value is -2.37. The number of carbonyl (C=O) groups is 1. The minimum Gasteiger partial charge on any atom is -0.479 e. The number of benzene rings is 1. The molecule has 0 amide bonds. The first-order valence-electron chi connectivity index (χ1n) is 6.45. The van der Waals surface area contributed by atoms with Gasteiger partial charge in [0.05, 0.1) is 19.3 Å². The fourth-order valence-corrected chi connectivity index (χ4v) is 1.69. The Kier molecular flexibility index (Phi) is 4.70. The predicted octanol–water partition coefficient (Wildman–Crippen LogP) is 1.66. The van der Waals surface area contributed by atoms with E-state index in [2.05, 4.69) is 10.3 Å². The topological polar surface area (TPSA) is 66.2 Å². The van der Waals surface area contributed by atoms with Crippen molar-refractivity contribution in [1.82, 2.24) is 15.0 Å². The monoisotopic (exact) mass is 275 g/mol. The fraction of sp³-hybridized carbons (Fsp3) is 0.357. The lowest BCUT2D eigenvalue weighted by molar-refractivity contribution is -0.150. The summed E-state index contributed by atoms with van der Waals surface area (Å²) in [4.78, 5) is 11.5. The molecule has 0 saturated carbocycles. The number of nitrogens with zero attached hydrogens (tertiary/aromatic N) is 3. The number of rotatable bonds is 6. The van der Waals surface area contributed by atoms with Crippen LogP contribution in [-0.2, 0) is 16.1 Å². The molecule has 6 heteroatoms. The van der Waals surface area contributed by atoms with Crippen LogP contribution in [0.15, 0.2) is 36.7 Å². The first kappa shape index (κ1) is 14.0. The van der Waals surface area contributed by atoms with Crippen LogP contribution in [0.5, 0.6) is 5.75 Å². The van der Waals surface area contributed by atoms with Crippen molar-refractivity contribution in [1.29, 1.82) is 0 Å². The SMILES string of the molecule is CCOC(=O)[C@@H](C)Oc1ccc(Cn2ccnn2)cc1. The summed E-state index contributed by atoms with van der Waals surface area (Å²) in [5.74, 6) is 0.270. The number of carbonyl (C=O) groups excluding carboxylic acids is 1. The second-order valence-corrected chi connectivity index (χ2v) is 4.26. The molecule has 0 saturated heterocycles. The number of hydrogen-bond acceptors (Lipinski definition) is 5. The van der Waals surface area contributed by atoms with Crippen molar-refractivity contribution in [3.05, 3.63) is 42.2 Å². The minimum atomic E-state index is -0.615. The maximum absolute atomic E-state index is 11.5. The lowest BCUT2D eigenvalue weighted by Gasteiger charge is -2.13. The summed E-state index contributed by atoms with van der Waals surface area (Å²) in [5.41, 5.74) is 1.08. The Labute approximate surface area is 117 Å². The average molecular weight is 275 g/mol. The molecule has 2 rings (SSSR count). The van der Waals surface area contributed by atoms with E-state index >= 15 is 0 Å². The Morgan fingerprint density at radius 1 is 1.35 bits per heavy atom. The van der Waals surface area contributed by atoms with Gasteiger partial charge in [0.25, 0.3) is 0 Å². The van der Waals surface area contributed by atoms with Gasteiger partial charge in [-0.25, -0.2) is 9.48 Å². The van der Waals surface area contributed by atoms with Gasteiger partial charge in [-0.15, -0.1) is 5.10 Å². The van der Waals surface area contributed by atoms with Gasteiger partial charge in [-0.3, -0.25) is 0 Å². The molecule has 0 aliphatic rings. The molecule has 1 aromatic heterocycles. The molecule has 1 aromatic carbocycles. The van der Waals surface area contributed by atoms with E-state index in [4.69, 9.17) is 9.47 Å². The first-order valence-corrected chi connectivity index (χ1v) is 6.45. The molecule has 0 bridgehead atoms. The molecule has 0 radical (unpaired) electrons. The van der Waals surface area contributed by atoms with E-state index < -0.39 is 6.10 Å². The second-order valence-electron chi connectivity index (χ2n) is 4.26. The number of aromatic nitrogens is 3. The van der Waals surface area contributed by atoms with E-state index in [9.17, 15) is 4.79 Å². The van der Waals surface area contributed by atoms with Crippen molar-refractivity contribution in [2.75, 3.05) is 6.61 Å². The van der Waals surface area contributed by atoms with Gasteiger partial charge in [0.15, 0.2) is 6.10 Å². The molecule has 0 aliphatic heterocycles. The van der Waals surface area contributed by atoms with Crippen LogP contribution in [0.25, 0.3) is 0 Å². The molecular weight excluding hydrogens is 258 g/mol. The normalized spacial score (nSPS) is 11.9. The summed E-state index contributed by atoms with van der Waals surface area (Å²) < 4.78 is 12.1. The van der Waals surface area contributed by atoms with Gasteiger partial charge < -0.3 is 9.47 Å². The van der Waals surface area contributed by atoms with Gasteiger partial charge in [-0.05, 0) is 31.5 Å². The molecule has 1 heterocycles. The van der Waals surface area contributed by atoms with Crippen LogP contribution in [0, 0.1) is 0 Å². The van der Waals surface area contributed by atoms with Gasteiger partial charge >= 0.3 is 5.97 Å². The smallest absolute Gasteiger partial charge is 0.347 e. The molecule has 20 heavy (non-hydrogen) atoms. The Morgan fingerprint density at radius 3 is 2.70 bits per heavy atom. The molecule has 6 nitrogen and oxygen atoms in total. The Bertz CT molecular complexity index is 537. The number of hydrogen-bond donors (Lipinski definition) is 0. The predicted molar refractivity (Wildman–Crippen MR) is 72.3 cm³/mol. The maximum Gasteiger partial charge on any atom is 0.347 e. The average Bonchev–Trinajstić information content (AvgIpc) is 2.94. The zero-order valence-electron chi connectivity index (χ0n) is 11.5. The lowest BCUT2D eigenvalue weighted by Crippen LogP contribution is -2.26. The summed E-state index contributed by atoms with van der Waals surface area (Å²) >= 11 is 0. The van der Waals surface area contributed by atoms with Crippen molar-refractivity contribution in [3.63, 3.8) is 0 Å². The van der Waals surface area contributed by atoms with Crippen molar-refractivity contribution >= 4 is 5.97 Å². The maximum atomic E-state index is 11.5. The molecule has 0 fully saturated rings. The van der Waals surface area contributed by atoms with Gasteiger partial charge in [0, 0.05) is 6.20 Å². The van der Waals surface area contributed by atoms with E-state index in [1.54, 1.807) is 30.9 Å². The van der Waals surface area contributed by atoms with Crippen LogP contribution < -0.4 is 4.74 Å². The van der Waals surface area contributed by atoms with Crippen LogP contribution in [0.4, 0.5) is 0 Å². The Morgan fingerprint density at radius 2 is 2.10 bits per heavy atom. The zero-order valence-corrected chi connectivity index (χ0v) is 11.5. The van der Waals surface area contributed by atoms with Crippen LogP contribution in [0.1, 0.15) is 19.4 Å². The van der Waals surface area contributed by atoms with Crippen LogP contribution in [0.3, 0.4) is 0 Å². The third-order valence-corrected chi connectivity index (χ3v) is 2.67. The van der Waals surface area contributed by atoms with Crippen LogP contribution in [0.2, 0.25) is 0 Å². The van der Waals surface area contributed by atoms with E-state index in [1.165, 1.54) is 0 Å². The molecule has 0 N–H and O–H groups in total. The van der Waals surface area contributed by atoms with Crippen molar-refractivity contribution < 1.29 is 14.3 Å². The molecule has 0 spiro atoms. The lowest BCUT2D eigenvalue weighted by atomic mass is 10.2. The highest BCUT2D eigenvalue weighted by molar-refractivity contribution is 5.74. The van der Waals surface area contributed by atoms with Gasteiger partial charge in [0.1, 0.15) is 5.75 Å². The molecule has 2 aromatic rings. The molecule has 0 aliphatic carbocycles. The fourth-order valence-electron chi connectivity index (χ4n) is 1.69. The molecule has 106 valence electrons. The van der Waals surface area contributed by atoms with Crippen LogP contribution >= 0.6 is 0 Å². The zero-order chi connectivity index (χ0) is 14.4. The summed E-state index contributed by atoms with van der Waals surface area (Å²) in [6.07, 6.45) is 2.82. The Balaban J connectivity index is 1.92. The molecular formula is C14H17N3O3. The quantitative estimate of drug-likeness (QED) is 0.750. The summed E-state index contributed by atoms with van der Waals surface area (Å²) in [5, 5.41) is 7.65. The molecule has 0 unspecified atom stereocenters. The standard InChI is InChI=1S/C14H17N3O3/c1-3-19-14(18)11(2)20-13-6-4-12(5-7-13)10-17-9-8-15-16-17/h4-9,11H,3,10H2,1-2H3/t11-/m1/s1. The summed E-state index contributed by atoms with van der Waals surface area (Å²) in [6.45, 7) is 4.43. The van der Waals surface area contributed by atoms with E-state index in [0.29, 0.717) is 18.9 Å². The van der Waals surface area contributed by atoms with Gasteiger partial charge in [-0.2, -0.15) is 0 Å². The summed E-state index contributed by atoms with van der Waals surface area (Å²) in [6, 6.07) is 7.49. The van der Waals surface area contributed by atoms with E-state index in [0.717, 1.165) is 5.56 Å². The highest BCUT2D eigenvalue weighted by Gasteiger charge is 2.15. The van der Waals surface area contributed by atoms with E-state index in [-0.39, 0.29) is 5.97 Å². The number of esters is 1. The van der Waals surface area contributed by atoms with Gasteiger partial charge in [0.2, 0.25) is 0 Å². The third kappa shape index (κ3) is 3.81. The van der Waals surface area contributed by atoms with Crippen LogP contribution in [-0.4, -0.2) is 33.7 Å². The second kappa shape index (κ2) is 6.70. The molecule has 1 atom stereocenters. The minimum absolute atomic E-state index is 0.351. The number of ether oxygens (including phenoxy) is 2. The van der Waals surface area contributed by atoms with Gasteiger partial charge in [-0.1, -0.05) is 17.3 Å². The largest absolute Gasteiger partial charge is 0.479 e. The highest BCUT2D eigenvalue weighted by atomic mass is 16.6. The first-order chi connectivity index (χ1) is 9.69. The van der Waals surface area contributed by atoms with Crippen molar-refractivity contribution in [2.45, 2.75) is 26.5 Å². The summed E-state index contributed by atoms with van der Waals surface area (Å²) in [7, 11) is 0. The van der Waals surface area contributed by atoms with Crippen molar-refractivity contribution in [2.24, 2.45) is 0 Å².